The minimum Gasteiger partial charge on any atom is -0.463 e. The largest absolute Gasteiger partial charge is 0.463 e. The fourth-order valence-corrected chi connectivity index (χ4v) is 3.10. The maximum atomic E-state index is 6.24. The third-order valence-electron chi connectivity index (χ3n) is 3.13. The quantitative estimate of drug-likeness (QED) is 0.612. The number of aromatic nitrogens is 3. The number of hydrogen-bond donors (Lipinski definition) is 1. The van der Waals surface area contributed by atoms with Crippen molar-refractivity contribution >= 4 is 22.1 Å². The highest BCUT2D eigenvalue weighted by Gasteiger charge is 2.17. The van der Waals surface area contributed by atoms with Gasteiger partial charge in [-0.05, 0) is 24.3 Å². The summed E-state index contributed by atoms with van der Waals surface area (Å²) in [7, 11) is 0. The van der Waals surface area contributed by atoms with E-state index in [4.69, 9.17) is 10.2 Å². The van der Waals surface area contributed by atoms with Gasteiger partial charge in [-0.3, -0.25) is 9.38 Å². The first kappa shape index (κ1) is 11.2. The summed E-state index contributed by atoms with van der Waals surface area (Å²) in [5, 5.41) is 2.04. The van der Waals surface area contributed by atoms with Gasteiger partial charge in [0, 0.05) is 23.3 Å². The van der Waals surface area contributed by atoms with E-state index in [0.717, 1.165) is 16.2 Å². The van der Waals surface area contributed by atoms with E-state index in [1.165, 1.54) is 0 Å². The van der Waals surface area contributed by atoms with Crippen LogP contribution in [-0.2, 0) is 0 Å². The Morgan fingerprint density at radius 1 is 1.20 bits per heavy atom. The van der Waals surface area contributed by atoms with Gasteiger partial charge in [-0.2, -0.15) is 0 Å². The number of pyridine rings is 1. The molecule has 0 atom stereocenters. The van der Waals surface area contributed by atoms with E-state index in [2.05, 4.69) is 9.97 Å². The molecular formula is C14H10N4OS. The number of hydrogen-bond acceptors (Lipinski definition) is 5. The molecule has 4 aromatic rings. The summed E-state index contributed by atoms with van der Waals surface area (Å²) in [6, 6.07) is 7.59. The van der Waals surface area contributed by atoms with Gasteiger partial charge in [0.1, 0.15) is 11.5 Å². The molecular weight excluding hydrogens is 272 g/mol. The van der Waals surface area contributed by atoms with E-state index in [1.807, 2.05) is 34.0 Å². The van der Waals surface area contributed by atoms with E-state index in [9.17, 15) is 0 Å². The Morgan fingerprint density at radius 3 is 2.80 bits per heavy atom. The van der Waals surface area contributed by atoms with Crippen molar-refractivity contribution < 1.29 is 4.42 Å². The van der Waals surface area contributed by atoms with Crippen molar-refractivity contribution in [3.05, 3.63) is 48.3 Å². The second kappa shape index (κ2) is 4.21. The standard InChI is InChI=1S/C14H10N4OS/c15-13-12(11-2-1-7-19-11)17-14-18(13)10(8-20-14)9-3-5-16-6-4-9/h1-8H,15H2. The molecule has 6 heteroatoms. The lowest BCUT2D eigenvalue weighted by atomic mass is 10.2. The maximum absolute atomic E-state index is 6.24. The summed E-state index contributed by atoms with van der Waals surface area (Å²) in [5.41, 5.74) is 8.99. The lowest BCUT2D eigenvalue weighted by Crippen LogP contribution is -1.95. The zero-order chi connectivity index (χ0) is 13.5. The summed E-state index contributed by atoms with van der Waals surface area (Å²) in [5.74, 6) is 1.27. The van der Waals surface area contributed by atoms with Crippen LogP contribution in [0.1, 0.15) is 0 Å². The van der Waals surface area contributed by atoms with Crippen molar-refractivity contribution in [1.29, 1.82) is 0 Å². The van der Waals surface area contributed by atoms with Gasteiger partial charge in [0.05, 0.1) is 12.0 Å². The minimum absolute atomic E-state index is 0.586. The van der Waals surface area contributed by atoms with E-state index < -0.39 is 0 Å². The molecule has 5 nitrogen and oxygen atoms in total. The zero-order valence-electron chi connectivity index (χ0n) is 10.4. The second-order valence-electron chi connectivity index (χ2n) is 4.30. The molecule has 0 bridgehead atoms. The van der Waals surface area contributed by atoms with E-state index in [-0.39, 0.29) is 0 Å². The highest BCUT2D eigenvalue weighted by Crippen LogP contribution is 2.34. The second-order valence-corrected chi connectivity index (χ2v) is 5.13. The number of rotatable bonds is 2. The van der Waals surface area contributed by atoms with Crippen molar-refractivity contribution in [3.8, 4) is 22.7 Å². The molecule has 4 heterocycles. The lowest BCUT2D eigenvalue weighted by Gasteiger charge is -2.01. The van der Waals surface area contributed by atoms with Crippen molar-refractivity contribution in [1.82, 2.24) is 14.4 Å². The van der Waals surface area contributed by atoms with Gasteiger partial charge in [-0.25, -0.2) is 4.98 Å². The molecule has 0 radical (unpaired) electrons. The maximum Gasteiger partial charge on any atom is 0.196 e. The molecule has 0 aliphatic carbocycles. The van der Waals surface area contributed by atoms with Crippen LogP contribution >= 0.6 is 11.3 Å². The van der Waals surface area contributed by atoms with Gasteiger partial charge >= 0.3 is 0 Å². The Kier molecular flexibility index (Phi) is 2.37. The van der Waals surface area contributed by atoms with Crippen LogP contribution in [0, 0.1) is 0 Å². The van der Waals surface area contributed by atoms with E-state index in [1.54, 1.807) is 30.0 Å². The molecule has 0 unspecified atom stereocenters. The Balaban J connectivity index is 1.97. The number of nitrogen functional groups attached to an aromatic ring is 1. The fourth-order valence-electron chi connectivity index (χ4n) is 2.20. The zero-order valence-corrected chi connectivity index (χ0v) is 11.2. The van der Waals surface area contributed by atoms with Gasteiger partial charge in [-0.1, -0.05) is 0 Å². The van der Waals surface area contributed by atoms with Crippen molar-refractivity contribution in [3.63, 3.8) is 0 Å². The van der Waals surface area contributed by atoms with Gasteiger partial charge in [0.25, 0.3) is 0 Å². The van der Waals surface area contributed by atoms with Crippen molar-refractivity contribution in [2.75, 3.05) is 5.73 Å². The molecule has 0 fully saturated rings. The molecule has 0 saturated heterocycles. The average Bonchev–Trinajstić information content (AvgIpc) is 3.18. The van der Waals surface area contributed by atoms with Crippen LogP contribution in [0.25, 0.3) is 27.7 Å². The summed E-state index contributed by atoms with van der Waals surface area (Å²) in [6.45, 7) is 0. The predicted octanol–water partition coefficient (Wildman–Crippen LogP) is 3.30. The first-order valence-corrected chi connectivity index (χ1v) is 6.92. The van der Waals surface area contributed by atoms with Crippen LogP contribution in [0.5, 0.6) is 0 Å². The highest BCUT2D eigenvalue weighted by atomic mass is 32.1. The Morgan fingerprint density at radius 2 is 2.05 bits per heavy atom. The van der Waals surface area contributed by atoms with Crippen LogP contribution in [-0.4, -0.2) is 14.4 Å². The monoisotopic (exact) mass is 282 g/mol. The van der Waals surface area contributed by atoms with E-state index >= 15 is 0 Å². The molecule has 0 amide bonds. The first-order valence-electron chi connectivity index (χ1n) is 6.04. The fraction of sp³-hybridized carbons (Fsp3) is 0. The normalized spacial score (nSPS) is 11.2. The molecule has 98 valence electrons. The number of nitrogens with zero attached hydrogens (tertiary/aromatic N) is 3. The summed E-state index contributed by atoms with van der Waals surface area (Å²) >= 11 is 1.55. The minimum atomic E-state index is 0.586. The number of thiazole rings is 1. The third-order valence-corrected chi connectivity index (χ3v) is 3.96. The molecule has 0 spiro atoms. The highest BCUT2D eigenvalue weighted by molar-refractivity contribution is 7.15. The van der Waals surface area contributed by atoms with Crippen LogP contribution in [0.3, 0.4) is 0 Å². The number of anilines is 1. The lowest BCUT2D eigenvalue weighted by molar-refractivity contribution is 0.581. The first-order chi connectivity index (χ1) is 9.84. The molecule has 0 aromatic carbocycles. The Bertz CT molecular complexity index is 862. The van der Waals surface area contributed by atoms with Crippen LogP contribution < -0.4 is 5.73 Å². The smallest absolute Gasteiger partial charge is 0.196 e. The Labute approximate surface area is 118 Å². The topological polar surface area (TPSA) is 69.3 Å². The van der Waals surface area contributed by atoms with Crippen LogP contribution in [0.2, 0.25) is 0 Å². The van der Waals surface area contributed by atoms with Crippen LogP contribution in [0.4, 0.5) is 5.82 Å². The summed E-state index contributed by atoms with van der Waals surface area (Å²) < 4.78 is 7.33. The van der Waals surface area contributed by atoms with Gasteiger partial charge < -0.3 is 10.2 Å². The number of fused-ring (bicyclic) bond motifs is 1. The Hall–Kier alpha value is -2.60. The molecule has 0 saturated carbocycles. The average molecular weight is 282 g/mol. The van der Waals surface area contributed by atoms with E-state index in [0.29, 0.717) is 17.3 Å². The summed E-state index contributed by atoms with van der Waals surface area (Å²) in [6.07, 6.45) is 5.14. The SMILES string of the molecule is Nc1c(-c2ccco2)nc2scc(-c3ccncc3)n12. The molecule has 2 N–H and O–H groups in total. The van der Waals surface area contributed by atoms with Gasteiger partial charge in [-0.15, -0.1) is 11.3 Å². The molecule has 0 aliphatic heterocycles. The van der Waals surface area contributed by atoms with Crippen molar-refractivity contribution in [2.24, 2.45) is 0 Å². The third kappa shape index (κ3) is 1.55. The number of furan rings is 1. The summed E-state index contributed by atoms with van der Waals surface area (Å²) in [4.78, 5) is 9.43. The molecule has 0 aliphatic rings. The number of nitrogens with two attached hydrogens (primary N) is 1. The molecule has 4 aromatic heterocycles. The van der Waals surface area contributed by atoms with Gasteiger partial charge in [0.15, 0.2) is 10.7 Å². The van der Waals surface area contributed by atoms with Crippen molar-refractivity contribution in [2.45, 2.75) is 0 Å². The van der Waals surface area contributed by atoms with Crippen LogP contribution in [0.15, 0.2) is 52.7 Å². The van der Waals surface area contributed by atoms with Gasteiger partial charge in [0.2, 0.25) is 0 Å². The molecule has 20 heavy (non-hydrogen) atoms. The number of imidazole rings is 1. The predicted molar refractivity (Wildman–Crippen MR) is 78.4 cm³/mol. The molecule has 4 rings (SSSR count).